The van der Waals surface area contributed by atoms with Gasteiger partial charge in [0, 0.05) is 24.2 Å². The molecule has 1 amide bonds. The predicted octanol–water partition coefficient (Wildman–Crippen LogP) is 4.01. The molecule has 2 heterocycles. The topological polar surface area (TPSA) is 58.1 Å². The van der Waals surface area contributed by atoms with Gasteiger partial charge in [-0.05, 0) is 49.6 Å². The van der Waals surface area contributed by atoms with Gasteiger partial charge in [0.2, 0.25) is 0 Å². The minimum Gasteiger partial charge on any atom is -0.356 e. The van der Waals surface area contributed by atoms with E-state index in [-0.39, 0.29) is 5.56 Å². The molecule has 0 bridgehead atoms. The Balaban J connectivity index is 1.62. The number of hydrogen-bond acceptors (Lipinski definition) is 4. The third-order valence-electron chi connectivity index (χ3n) is 4.65. The quantitative estimate of drug-likeness (QED) is 0.775. The summed E-state index contributed by atoms with van der Waals surface area (Å²) < 4.78 is 13.8. The highest BCUT2D eigenvalue weighted by molar-refractivity contribution is 6.05. The van der Waals surface area contributed by atoms with E-state index in [1.807, 2.05) is 6.07 Å². The van der Waals surface area contributed by atoms with Crippen molar-refractivity contribution < 1.29 is 9.18 Å². The molecule has 1 aliphatic rings. The Morgan fingerprint density at radius 1 is 1.04 bits per heavy atom. The van der Waals surface area contributed by atoms with Crippen molar-refractivity contribution in [1.29, 1.82) is 0 Å². The number of nitrogens with zero attached hydrogens (tertiary/aromatic N) is 3. The normalized spacial score (nSPS) is 14.4. The molecule has 3 aromatic rings. The predicted molar refractivity (Wildman–Crippen MR) is 100.0 cm³/mol. The zero-order valence-corrected chi connectivity index (χ0v) is 14.3. The van der Waals surface area contributed by atoms with Crippen LogP contribution in [-0.4, -0.2) is 29.0 Å². The summed E-state index contributed by atoms with van der Waals surface area (Å²) in [7, 11) is 0. The van der Waals surface area contributed by atoms with Crippen LogP contribution in [0.2, 0.25) is 0 Å². The minimum absolute atomic E-state index is 0.0179. The van der Waals surface area contributed by atoms with Gasteiger partial charge in [-0.3, -0.25) is 4.79 Å². The molecular weight excluding hydrogens is 331 g/mol. The second-order valence-electron chi connectivity index (χ2n) is 6.41. The van der Waals surface area contributed by atoms with E-state index in [1.165, 1.54) is 31.4 Å². The van der Waals surface area contributed by atoms with Crippen LogP contribution in [0.1, 0.15) is 29.6 Å². The van der Waals surface area contributed by atoms with Crippen molar-refractivity contribution in [3.8, 4) is 0 Å². The standard InChI is InChI=1S/C20H19FN4O/c21-17-7-3-2-6-15(17)20(26)24-14-8-9-16-18(12-14)22-13-23-19(16)25-10-4-1-5-11-25/h2-3,6-9,12-13H,1,4-5,10-11H2,(H,24,26). The summed E-state index contributed by atoms with van der Waals surface area (Å²) in [5.41, 5.74) is 1.35. The molecule has 1 fully saturated rings. The average Bonchev–Trinajstić information content (AvgIpc) is 2.68. The van der Waals surface area contributed by atoms with E-state index >= 15 is 0 Å². The summed E-state index contributed by atoms with van der Waals surface area (Å²) in [5, 5.41) is 3.69. The van der Waals surface area contributed by atoms with Gasteiger partial charge in [0.1, 0.15) is 18.0 Å². The van der Waals surface area contributed by atoms with Crippen LogP contribution in [0.4, 0.5) is 15.9 Å². The maximum atomic E-state index is 13.8. The van der Waals surface area contributed by atoms with Gasteiger partial charge in [-0.2, -0.15) is 0 Å². The molecule has 0 atom stereocenters. The van der Waals surface area contributed by atoms with E-state index in [2.05, 4.69) is 20.2 Å². The number of anilines is 2. The Labute approximate surface area is 150 Å². The van der Waals surface area contributed by atoms with E-state index < -0.39 is 11.7 Å². The Morgan fingerprint density at radius 3 is 2.65 bits per heavy atom. The van der Waals surface area contributed by atoms with Crippen molar-refractivity contribution in [3.63, 3.8) is 0 Å². The maximum Gasteiger partial charge on any atom is 0.258 e. The van der Waals surface area contributed by atoms with Gasteiger partial charge < -0.3 is 10.2 Å². The van der Waals surface area contributed by atoms with E-state index in [0.717, 1.165) is 29.8 Å². The maximum absolute atomic E-state index is 13.8. The summed E-state index contributed by atoms with van der Waals surface area (Å²) in [6, 6.07) is 11.4. The molecular formula is C20H19FN4O. The van der Waals surface area contributed by atoms with Crippen molar-refractivity contribution in [2.75, 3.05) is 23.3 Å². The zero-order valence-electron chi connectivity index (χ0n) is 14.3. The highest BCUT2D eigenvalue weighted by Crippen LogP contribution is 2.27. The Kier molecular flexibility index (Phi) is 4.48. The van der Waals surface area contributed by atoms with E-state index in [1.54, 1.807) is 30.6 Å². The molecule has 0 spiro atoms. The molecule has 2 aromatic carbocycles. The number of carbonyl (C=O) groups is 1. The van der Waals surface area contributed by atoms with Crippen LogP contribution < -0.4 is 10.2 Å². The number of rotatable bonds is 3. The van der Waals surface area contributed by atoms with Gasteiger partial charge in [-0.15, -0.1) is 0 Å². The molecule has 1 N–H and O–H groups in total. The lowest BCUT2D eigenvalue weighted by Gasteiger charge is -2.28. The fraction of sp³-hybridized carbons (Fsp3) is 0.250. The number of benzene rings is 2. The number of carbonyl (C=O) groups excluding carboxylic acids is 1. The van der Waals surface area contributed by atoms with Crippen molar-refractivity contribution in [3.05, 3.63) is 60.2 Å². The highest BCUT2D eigenvalue weighted by Gasteiger charge is 2.16. The lowest BCUT2D eigenvalue weighted by Crippen LogP contribution is -2.30. The molecule has 5 nitrogen and oxygen atoms in total. The summed E-state index contributed by atoms with van der Waals surface area (Å²) in [6.07, 6.45) is 5.14. The SMILES string of the molecule is O=C(Nc1ccc2c(N3CCCCC3)ncnc2c1)c1ccccc1F. The molecule has 1 saturated heterocycles. The molecule has 4 rings (SSSR count). The number of aromatic nitrogens is 2. The first-order chi connectivity index (χ1) is 12.7. The van der Waals surface area contributed by atoms with E-state index in [4.69, 9.17) is 0 Å². The van der Waals surface area contributed by atoms with Gasteiger partial charge in [0.25, 0.3) is 5.91 Å². The van der Waals surface area contributed by atoms with Gasteiger partial charge in [0.15, 0.2) is 0 Å². The molecule has 0 unspecified atom stereocenters. The third-order valence-corrected chi connectivity index (χ3v) is 4.65. The number of halogens is 1. The lowest BCUT2D eigenvalue weighted by atomic mass is 10.1. The van der Waals surface area contributed by atoms with Crippen LogP contribution in [0.5, 0.6) is 0 Å². The molecule has 132 valence electrons. The first-order valence-corrected chi connectivity index (χ1v) is 8.78. The molecule has 0 aliphatic carbocycles. The van der Waals surface area contributed by atoms with Crippen molar-refractivity contribution in [2.45, 2.75) is 19.3 Å². The molecule has 0 saturated carbocycles. The second-order valence-corrected chi connectivity index (χ2v) is 6.41. The minimum atomic E-state index is -0.541. The number of hydrogen-bond donors (Lipinski definition) is 1. The first-order valence-electron chi connectivity index (χ1n) is 8.78. The number of amides is 1. The number of fused-ring (bicyclic) bond motifs is 1. The van der Waals surface area contributed by atoms with Crippen LogP contribution in [0.15, 0.2) is 48.8 Å². The van der Waals surface area contributed by atoms with Crippen LogP contribution >= 0.6 is 0 Å². The summed E-state index contributed by atoms with van der Waals surface area (Å²) in [4.78, 5) is 23.4. The average molecular weight is 350 g/mol. The molecule has 6 heteroatoms. The zero-order chi connectivity index (χ0) is 17.9. The van der Waals surface area contributed by atoms with E-state index in [9.17, 15) is 9.18 Å². The smallest absolute Gasteiger partial charge is 0.258 e. The Morgan fingerprint density at radius 2 is 1.85 bits per heavy atom. The van der Waals surface area contributed by atoms with Crippen LogP contribution in [-0.2, 0) is 0 Å². The Hall–Kier alpha value is -3.02. The molecule has 1 aliphatic heterocycles. The molecule has 26 heavy (non-hydrogen) atoms. The summed E-state index contributed by atoms with van der Waals surface area (Å²) >= 11 is 0. The Bertz CT molecular complexity index is 953. The molecule has 0 radical (unpaired) electrons. The van der Waals surface area contributed by atoms with Crippen LogP contribution in [0.25, 0.3) is 10.9 Å². The van der Waals surface area contributed by atoms with Gasteiger partial charge >= 0.3 is 0 Å². The van der Waals surface area contributed by atoms with Crippen molar-refractivity contribution in [1.82, 2.24) is 9.97 Å². The number of piperidine rings is 1. The largest absolute Gasteiger partial charge is 0.356 e. The van der Waals surface area contributed by atoms with Gasteiger partial charge in [-0.25, -0.2) is 14.4 Å². The van der Waals surface area contributed by atoms with Crippen LogP contribution in [0, 0.1) is 5.82 Å². The van der Waals surface area contributed by atoms with Gasteiger partial charge in [0.05, 0.1) is 11.1 Å². The number of nitrogens with one attached hydrogen (secondary N) is 1. The van der Waals surface area contributed by atoms with E-state index in [0.29, 0.717) is 5.69 Å². The summed E-state index contributed by atoms with van der Waals surface area (Å²) in [5.74, 6) is -0.0880. The van der Waals surface area contributed by atoms with Crippen molar-refractivity contribution in [2.24, 2.45) is 0 Å². The third kappa shape index (κ3) is 3.22. The summed E-state index contributed by atoms with van der Waals surface area (Å²) in [6.45, 7) is 2.00. The lowest BCUT2D eigenvalue weighted by molar-refractivity contribution is 0.102. The fourth-order valence-electron chi connectivity index (χ4n) is 3.32. The van der Waals surface area contributed by atoms with Gasteiger partial charge in [-0.1, -0.05) is 12.1 Å². The molecule has 1 aromatic heterocycles. The van der Waals surface area contributed by atoms with Crippen LogP contribution in [0.3, 0.4) is 0 Å². The highest BCUT2D eigenvalue weighted by atomic mass is 19.1. The monoisotopic (exact) mass is 350 g/mol. The second kappa shape index (κ2) is 7.07. The van der Waals surface area contributed by atoms with Crippen molar-refractivity contribution >= 4 is 28.3 Å². The fourth-order valence-corrected chi connectivity index (χ4v) is 3.32. The first kappa shape index (κ1) is 16.4.